The van der Waals surface area contributed by atoms with Crippen LogP contribution >= 0.6 is 23.4 Å². The van der Waals surface area contributed by atoms with Gasteiger partial charge in [0, 0.05) is 98.2 Å². The zero-order chi connectivity index (χ0) is 102. The Morgan fingerprint density at radius 3 is 1.82 bits per heavy atom. The molecule has 144 heavy (non-hydrogen) atoms. The normalized spacial score (nSPS) is 16.3. The van der Waals surface area contributed by atoms with E-state index in [0.29, 0.717) is 82.4 Å². The van der Waals surface area contributed by atoms with Crippen LogP contribution < -0.4 is 24.3 Å². The van der Waals surface area contributed by atoms with Gasteiger partial charge in [-0.25, -0.2) is 14.1 Å². The lowest BCUT2D eigenvalue weighted by atomic mass is 9.67. The molecule has 21 rings (SSSR count). The van der Waals surface area contributed by atoms with Crippen molar-refractivity contribution in [1.82, 2.24) is 19.9 Å². The fourth-order valence-electron chi connectivity index (χ4n) is 19.5. The van der Waals surface area contributed by atoms with Gasteiger partial charge in [0.25, 0.3) is 0 Å². The van der Waals surface area contributed by atoms with Crippen molar-refractivity contribution in [2.45, 2.75) is 231 Å². The van der Waals surface area contributed by atoms with E-state index >= 15 is 0 Å². The first-order chi connectivity index (χ1) is 69.4. The SMILES string of the molecule is CC(C)c1ccc(/C=C2\CCCCC2=O)cc1.CC(C)c1ccc2c(c1)CC(=O)c1ccccc1S2.CC(C)c1ccc2c(c1)Cc1cccnc1O2.CC(C)c1nn(-c2ccc(F)cc2)cc1-c1ccc(Cl)cc1.CCC1(C(C)C)OCC(Cc2ccccc2)C2c3ccccc3NC21.COc1ccc(-c2noc(C(C)C)c2-c2cccc(OC)c2)cc1.Cc1ccc2c(c1)CC(=O)c1cc(C(C)C)ccc1O2. The van der Waals surface area contributed by atoms with Gasteiger partial charge in [0.15, 0.2) is 17.3 Å². The number of nitrogens with zero attached hydrogens (tertiary/aromatic N) is 4. The van der Waals surface area contributed by atoms with Gasteiger partial charge >= 0.3 is 0 Å². The highest BCUT2D eigenvalue weighted by Gasteiger charge is 2.55. The Hall–Kier alpha value is -13.5. The summed E-state index contributed by atoms with van der Waals surface area (Å²) in [6.07, 6.45) is 13.7. The lowest BCUT2D eigenvalue weighted by Gasteiger charge is -2.51. The smallest absolute Gasteiger partial charge is 0.222 e. The molecule has 0 radical (unpaired) electrons. The van der Waals surface area contributed by atoms with E-state index in [4.69, 9.17) is 39.8 Å². The van der Waals surface area contributed by atoms with Gasteiger partial charge < -0.3 is 33.5 Å². The predicted molar refractivity (Wildman–Crippen MR) is 585 cm³/mol. The van der Waals surface area contributed by atoms with Crippen molar-refractivity contribution in [2.75, 3.05) is 26.1 Å². The molecule has 1 saturated carbocycles. The van der Waals surface area contributed by atoms with Crippen LogP contribution in [0.5, 0.6) is 34.6 Å². The van der Waals surface area contributed by atoms with Crippen LogP contribution in [0.1, 0.15) is 276 Å². The minimum absolute atomic E-state index is 0.0864. The number of carbonyl (C=O) groups excluding carboxylic acids is 3. The number of anilines is 1. The molecule has 1 N–H and O–H groups in total. The second kappa shape index (κ2) is 48.3. The van der Waals surface area contributed by atoms with Gasteiger partial charge in [0.05, 0.1) is 55.0 Å². The lowest BCUT2D eigenvalue weighted by Crippen LogP contribution is -2.59. The quantitative estimate of drug-likeness (QED) is 0.0856. The third-order valence-corrected chi connectivity index (χ3v) is 29.3. The molecule has 742 valence electrons. The molecule has 6 aliphatic rings. The van der Waals surface area contributed by atoms with Crippen LogP contribution in [-0.4, -0.2) is 69.7 Å². The van der Waals surface area contributed by atoms with Crippen molar-refractivity contribution in [1.29, 1.82) is 0 Å². The van der Waals surface area contributed by atoms with E-state index in [9.17, 15) is 18.8 Å². The van der Waals surface area contributed by atoms with Crippen molar-refractivity contribution < 1.29 is 47.0 Å². The number of carbonyl (C=O) groups is 3. The first-order valence-corrected chi connectivity index (χ1v) is 52.0. The fourth-order valence-corrected chi connectivity index (χ4v) is 20.7. The van der Waals surface area contributed by atoms with E-state index in [2.05, 4.69) is 252 Å². The number of aromatic nitrogens is 4. The van der Waals surface area contributed by atoms with Crippen LogP contribution in [0.4, 0.5) is 10.1 Å². The van der Waals surface area contributed by atoms with Gasteiger partial charge in [-0.1, -0.05) is 302 Å². The van der Waals surface area contributed by atoms with Crippen molar-refractivity contribution in [3.8, 4) is 73.8 Å². The van der Waals surface area contributed by atoms with Crippen LogP contribution in [0.15, 0.2) is 317 Å². The van der Waals surface area contributed by atoms with E-state index in [-0.39, 0.29) is 34.8 Å². The van der Waals surface area contributed by atoms with Gasteiger partial charge in [-0.15, -0.1) is 0 Å². The van der Waals surface area contributed by atoms with Crippen LogP contribution in [0, 0.1) is 24.6 Å². The number of methoxy groups -OCH3 is 2. The Kier molecular flexibility index (Phi) is 35.1. The number of benzene rings is 12. The van der Waals surface area contributed by atoms with Crippen molar-refractivity contribution >= 4 is 52.5 Å². The van der Waals surface area contributed by atoms with Crippen LogP contribution in [0.25, 0.3) is 45.3 Å². The molecule has 3 aromatic heterocycles. The topological polar surface area (TPSA) is 166 Å². The Morgan fingerprint density at radius 1 is 0.521 bits per heavy atom. The molecular weight excluding hydrogens is 1830 g/mol. The number of halogens is 2. The maximum atomic E-state index is 13.1. The van der Waals surface area contributed by atoms with E-state index < -0.39 is 0 Å². The number of pyridine rings is 1. The van der Waals surface area contributed by atoms with Crippen LogP contribution in [0.2, 0.25) is 5.02 Å². The van der Waals surface area contributed by atoms with Gasteiger partial charge in [0.2, 0.25) is 5.88 Å². The van der Waals surface area contributed by atoms with Crippen molar-refractivity contribution in [3.63, 3.8) is 0 Å². The summed E-state index contributed by atoms with van der Waals surface area (Å²) in [7, 11) is 3.32. The summed E-state index contributed by atoms with van der Waals surface area (Å²) in [6, 6.07) is 95.3. The molecule has 1 saturated heterocycles. The number of ketones is 3. The number of para-hydroxylation sites is 1. The van der Waals surface area contributed by atoms with E-state index in [1.807, 2.05) is 153 Å². The Labute approximate surface area is 860 Å². The molecule has 15 aromatic rings. The third-order valence-electron chi connectivity index (χ3n) is 27.8. The average Bonchev–Trinajstić information content (AvgIpc) is 1.56. The number of hydrogen-bond donors (Lipinski definition) is 1. The number of allylic oxidation sites excluding steroid dienone is 1. The minimum atomic E-state index is -0.252. The fraction of sp³-hybridized carbons (Fsp3) is 0.307. The standard InChI is InChI=1S/C23H29NO.C20H21NO3.C18H16ClFN2.C18H18O2.C17H16OS.C16H20O.C15H15NO/c1-4-23(16(2)3)22-21(19-12-8-9-13-20(19)24-22)18(15-25-23)14-17-10-6-5-7-11-17;1-13(2)20-18(15-6-5-7-17(12-15)23-4)19(21-24-20)14-8-10-16(22-3)11-9-14;1-12(2)18-17(13-3-5-14(19)6-4-13)11-22(21-18)16-9-7-15(20)8-10-16;1-11(2)13-5-7-18-15(9-13)16(19)10-14-8-12(3)4-6-17(14)20-18;1-11(2)12-7-8-16-13(9-12)10-15(18)14-5-3-4-6-17(14)19-16;1-12(2)14-9-7-13(8-10-14)11-15-5-3-4-6-16(15)17;1-10(2)11-5-6-14-13(8-11)9-12-4-3-7-16-15(12)17-14/h5-13,16,18,21-22,24H,4,14-15H2,1-3H3;5-13H,1-4H3;3-12H,1-2H3;4-9,11H,10H2,1-3H3;3-9,11H,10H2,1-2H3;7-12H,3-6H2,1-2H3;3-8,10H,9H2,1-2H3/b;;;;;15-11+;. The molecule has 2 fully saturated rings. The molecule has 12 aromatic carbocycles. The van der Waals surface area contributed by atoms with Gasteiger partial charge in [0.1, 0.15) is 46.0 Å². The van der Waals surface area contributed by atoms with Crippen LogP contribution in [0.3, 0.4) is 0 Å². The highest BCUT2D eigenvalue weighted by molar-refractivity contribution is 7.99. The first kappa shape index (κ1) is 105. The summed E-state index contributed by atoms with van der Waals surface area (Å²) in [4.78, 5) is 43.1. The van der Waals surface area contributed by atoms with Crippen molar-refractivity contribution in [3.05, 3.63) is 403 Å². The maximum Gasteiger partial charge on any atom is 0.222 e. The highest BCUT2D eigenvalue weighted by Crippen LogP contribution is 2.53. The lowest BCUT2D eigenvalue weighted by molar-refractivity contribution is -0.143. The highest BCUT2D eigenvalue weighted by atomic mass is 35.5. The molecule has 0 amide bonds. The summed E-state index contributed by atoms with van der Waals surface area (Å²) < 4.78 is 49.5. The monoisotopic (exact) mass is 1960 g/mol. The maximum absolute atomic E-state index is 13.1. The second-order valence-corrected chi connectivity index (χ2v) is 41.7. The molecule has 0 bridgehead atoms. The Balaban J connectivity index is 0.000000127. The van der Waals surface area contributed by atoms with Crippen molar-refractivity contribution in [2.24, 2.45) is 11.8 Å². The number of fused-ring (bicyclic) bond motifs is 9. The number of ether oxygens (including phenoxy) is 5. The van der Waals surface area contributed by atoms with Gasteiger partial charge in [-0.3, -0.25) is 14.4 Å². The number of hydrogen-bond acceptors (Lipinski definition) is 14. The minimum Gasteiger partial charge on any atom is -0.497 e. The molecule has 4 atom stereocenters. The average molecular weight is 1960 g/mol. The molecule has 17 heteroatoms. The molecule has 1 aliphatic carbocycles. The number of aryl methyl sites for hydroxylation is 1. The van der Waals surface area contributed by atoms with Crippen LogP contribution in [-0.2, 0) is 35.2 Å². The number of Topliss-reactive ketones (excluding diaryl/α,β-unsaturated/α-hetero) is 3. The second-order valence-electron chi connectivity index (χ2n) is 40.2. The third kappa shape index (κ3) is 25.4. The summed E-state index contributed by atoms with van der Waals surface area (Å²) in [5, 5.41) is 13.6. The first-order valence-electron chi connectivity index (χ1n) is 50.8. The molecule has 4 unspecified atom stereocenters. The zero-order valence-electron chi connectivity index (χ0n) is 86.3. The molecule has 8 heterocycles. The molecule has 14 nitrogen and oxygen atoms in total. The van der Waals surface area contributed by atoms with Gasteiger partial charge in [-0.2, -0.15) is 5.10 Å². The Bertz CT molecular complexity index is 6960. The van der Waals surface area contributed by atoms with E-state index in [0.717, 1.165) is 169 Å². The largest absolute Gasteiger partial charge is 0.497 e. The van der Waals surface area contributed by atoms with E-state index in [1.54, 1.807) is 49.0 Å². The number of rotatable bonds is 17. The molecule has 0 spiro atoms. The predicted octanol–water partition coefficient (Wildman–Crippen LogP) is 33.5. The Morgan fingerprint density at radius 2 is 1.14 bits per heavy atom. The molecular formula is C127H135ClFN5O9S. The summed E-state index contributed by atoms with van der Waals surface area (Å²) in [5.41, 5.74) is 26.6. The van der Waals surface area contributed by atoms with Gasteiger partial charge in [-0.05, 0) is 275 Å². The summed E-state index contributed by atoms with van der Waals surface area (Å²) >= 11 is 7.67. The molecule has 5 aliphatic heterocycles. The zero-order valence-corrected chi connectivity index (χ0v) is 87.9. The van der Waals surface area contributed by atoms with E-state index in [1.165, 1.54) is 67.2 Å². The summed E-state index contributed by atoms with van der Waals surface area (Å²) in [6.45, 7) is 35.6. The number of nitrogens with one attached hydrogen (secondary N) is 1. The summed E-state index contributed by atoms with van der Waals surface area (Å²) in [5.74, 6) is 10.1.